The van der Waals surface area contributed by atoms with Crippen LogP contribution in [0.15, 0.2) is 109 Å². The Bertz CT molecular complexity index is 3100. The highest BCUT2D eigenvalue weighted by atomic mass is 16.2. The third-order valence-electron chi connectivity index (χ3n) is 12.3. The Hall–Kier alpha value is -7.09. The number of fused-ring (bicyclic) bond motifs is 8. The fraction of sp³-hybridized carbons (Fsp3) is 0.196. The zero-order chi connectivity index (χ0) is 44.4. The number of carbonyl (C=O) groups excluding carboxylic acids is 1. The molecular weight excluding hydrogens is 773 g/mol. The lowest BCUT2D eigenvalue weighted by Crippen LogP contribution is -2.29. The summed E-state index contributed by atoms with van der Waals surface area (Å²) in [6, 6.07) is 38.4. The maximum Gasteiger partial charge on any atom is 0.265 e. The van der Waals surface area contributed by atoms with Crippen molar-refractivity contribution in [1.82, 2.24) is 25.4 Å². The summed E-state index contributed by atoms with van der Waals surface area (Å²) in [4.78, 5) is 31.3. The van der Waals surface area contributed by atoms with E-state index in [1.165, 1.54) is 27.8 Å². The highest BCUT2D eigenvalue weighted by Gasteiger charge is 2.22. The third-order valence-corrected chi connectivity index (χ3v) is 12.3. The van der Waals surface area contributed by atoms with E-state index >= 15 is 0 Å². The highest BCUT2D eigenvalue weighted by molar-refractivity contribution is 6.01. The molecule has 8 bridgehead atoms. The van der Waals surface area contributed by atoms with Crippen LogP contribution in [0, 0.1) is 20.8 Å². The Morgan fingerprint density at radius 2 is 0.810 bits per heavy atom. The van der Waals surface area contributed by atoms with Crippen LogP contribution in [0.4, 0.5) is 0 Å². The molecule has 0 atom stereocenters. The third kappa shape index (κ3) is 7.74. The molecule has 2 aliphatic rings. The first-order valence-electron chi connectivity index (χ1n) is 21.6. The molecule has 9 rings (SSSR count). The van der Waals surface area contributed by atoms with Gasteiger partial charge in [0.15, 0.2) is 0 Å². The van der Waals surface area contributed by atoms with E-state index < -0.39 is 0 Å². The molecule has 0 fully saturated rings. The first-order valence-corrected chi connectivity index (χ1v) is 21.6. The molecule has 0 aliphatic carbocycles. The maximum atomic E-state index is 12.5. The van der Waals surface area contributed by atoms with E-state index in [-0.39, 0.29) is 16.7 Å². The minimum absolute atomic E-state index is 0.000320. The van der Waals surface area contributed by atoms with E-state index in [4.69, 9.17) is 15.8 Å². The molecule has 4 aromatic carbocycles. The van der Waals surface area contributed by atoms with Gasteiger partial charge in [-0.3, -0.25) is 10.2 Å². The van der Waals surface area contributed by atoms with Crippen molar-refractivity contribution < 1.29 is 4.79 Å². The van der Waals surface area contributed by atoms with Crippen LogP contribution >= 0.6 is 0 Å². The van der Waals surface area contributed by atoms with Gasteiger partial charge in [-0.2, -0.15) is 0 Å². The van der Waals surface area contributed by atoms with Gasteiger partial charge in [-0.15, -0.1) is 0 Å². The Labute approximate surface area is 369 Å². The second-order valence-corrected chi connectivity index (χ2v) is 19.0. The SMILES string of the molecule is Cc1cc(C)c(-c2c3nc(c(-c4ccc(C(C)(C)C)cc4)c4ccc([nH]4)c(-c4ccc(C(=O)NN)cc4)c4nc(c(-c5ccc(C(C)(C)C)cc5)c5ccc2[nH]5)C=C4)C=C3)c(C)c1. The van der Waals surface area contributed by atoms with Crippen molar-refractivity contribution in [2.45, 2.75) is 73.1 Å². The van der Waals surface area contributed by atoms with Gasteiger partial charge in [0.1, 0.15) is 0 Å². The number of hydrogen-bond acceptors (Lipinski definition) is 4. The van der Waals surface area contributed by atoms with E-state index in [2.05, 4.69) is 187 Å². The fourth-order valence-electron chi connectivity index (χ4n) is 9.10. The number of benzene rings is 4. The molecule has 0 saturated heterocycles. The van der Waals surface area contributed by atoms with Crippen molar-refractivity contribution in [2.24, 2.45) is 5.84 Å². The zero-order valence-corrected chi connectivity index (χ0v) is 37.6. The molecule has 7 nitrogen and oxygen atoms in total. The second-order valence-electron chi connectivity index (χ2n) is 19.0. The van der Waals surface area contributed by atoms with Gasteiger partial charge in [0.25, 0.3) is 5.91 Å². The van der Waals surface area contributed by atoms with Gasteiger partial charge in [0, 0.05) is 49.9 Å². The van der Waals surface area contributed by atoms with Crippen molar-refractivity contribution in [3.8, 4) is 44.5 Å². The molecule has 63 heavy (non-hydrogen) atoms. The minimum Gasteiger partial charge on any atom is -0.354 e. The first-order chi connectivity index (χ1) is 30.1. The van der Waals surface area contributed by atoms with Gasteiger partial charge < -0.3 is 9.97 Å². The number of nitrogens with two attached hydrogens (primary N) is 1. The van der Waals surface area contributed by atoms with Crippen LogP contribution in [0.3, 0.4) is 0 Å². The second kappa shape index (κ2) is 15.7. The molecule has 3 aromatic heterocycles. The summed E-state index contributed by atoms with van der Waals surface area (Å²) in [5, 5.41) is 0. The Morgan fingerprint density at radius 1 is 0.476 bits per heavy atom. The van der Waals surface area contributed by atoms with Gasteiger partial charge >= 0.3 is 0 Å². The minimum atomic E-state index is -0.353. The number of hydrogen-bond donors (Lipinski definition) is 4. The number of aromatic nitrogens is 4. The number of hydrazine groups is 1. The van der Waals surface area contributed by atoms with Crippen molar-refractivity contribution >= 4 is 52.3 Å². The number of nitrogens with one attached hydrogen (secondary N) is 3. The molecule has 314 valence electrons. The van der Waals surface area contributed by atoms with Crippen LogP contribution < -0.4 is 11.3 Å². The highest BCUT2D eigenvalue weighted by Crippen LogP contribution is 2.41. The van der Waals surface area contributed by atoms with Crippen LogP contribution in [-0.2, 0) is 10.8 Å². The fourth-order valence-corrected chi connectivity index (χ4v) is 9.10. The average molecular weight is 827 g/mol. The molecule has 0 spiro atoms. The first kappa shape index (κ1) is 41.3. The van der Waals surface area contributed by atoms with Crippen LogP contribution in [0.5, 0.6) is 0 Å². The smallest absolute Gasteiger partial charge is 0.265 e. The topological polar surface area (TPSA) is 112 Å². The summed E-state index contributed by atoms with van der Waals surface area (Å²) < 4.78 is 0. The van der Waals surface area contributed by atoms with Crippen LogP contribution in [0.1, 0.15) is 102 Å². The van der Waals surface area contributed by atoms with E-state index in [0.29, 0.717) is 5.56 Å². The molecule has 0 radical (unpaired) electrons. The van der Waals surface area contributed by atoms with Crippen LogP contribution in [-0.4, -0.2) is 25.8 Å². The normalized spacial score (nSPS) is 12.5. The number of aromatic amines is 2. The van der Waals surface area contributed by atoms with Gasteiger partial charge in [0.2, 0.25) is 0 Å². The molecule has 5 N–H and O–H groups in total. The molecular formula is C56H54N6O. The van der Waals surface area contributed by atoms with E-state index in [1.807, 2.05) is 12.1 Å². The number of nitrogens with zero attached hydrogens (tertiary/aromatic N) is 2. The lowest BCUT2D eigenvalue weighted by Gasteiger charge is -2.19. The van der Waals surface area contributed by atoms with E-state index in [0.717, 1.165) is 89.4 Å². The zero-order valence-electron chi connectivity index (χ0n) is 37.6. The number of H-pyrrole nitrogens is 2. The summed E-state index contributed by atoms with van der Waals surface area (Å²) in [7, 11) is 0. The number of carbonyl (C=O) groups is 1. The largest absolute Gasteiger partial charge is 0.354 e. The summed E-state index contributed by atoms with van der Waals surface area (Å²) in [5.41, 5.74) is 24.0. The van der Waals surface area contributed by atoms with Crippen molar-refractivity contribution in [1.29, 1.82) is 0 Å². The molecule has 2 aliphatic heterocycles. The molecule has 7 aromatic rings. The van der Waals surface area contributed by atoms with E-state index in [9.17, 15) is 4.79 Å². The number of nitrogen functional groups attached to an aromatic ring is 1. The van der Waals surface area contributed by atoms with Gasteiger partial charge in [-0.1, -0.05) is 120 Å². The quantitative estimate of drug-likeness (QED) is 0.0786. The van der Waals surface area contributed by atoms with Crippen molar-refractivity contribution in [3.05, 3.63) is 165 Å². The van der Waals surface area contributed by atoms with Gasteiger partial charge in [0.05, 0.1) is 22.8 Å². The van der Waals surface area contributed by atoms with E-state index in [1.54, 1.807) is 12.1 Å². The van der Waals surface area contributed by atoms with Crippen molar-refractivity contribution in [2.75, 3.05) is 0 Å². The number of rotatable bonds is 5. The molecule has 0 unspecified atom stereocenters. The summed E-state index contributed by atoms with van der Waals surface area (Å²) in [5.74, 6) is 5.16. The predicted molar refractivity (Wildman–Crippen MR) is 264 cm³/mol. The standard InChI is InChI=1S/C56H54N6O/c1-32-30-33(2)49(34(3)31-32)53-47-28-26-45(60-47)51(36-14-18-39(19-15-36)55(4,5)6)43-24-22-41(58-43)50(35-10-12-38(13-11-35)54(63)62-57)42-23-25-44(59-42)52(46-27-29-48(53)61-46)37-16-20-40(21-17-37)56(7,8)9/h10-31,58,61H,57H2,1-9H3,(H,62,63). The predicted octanol–water partition coefficient (Wildman–Crippen LogP) is 13.4. The number of aryl methyl sites for hydroxylation is 3. The molecule has 7 heteroatoms. The molecule has 5 heterocycles. The monoisotopic (exact) mass is 826 g/mol. The summed E-state index contributed by atoms with van der Waals surface area (Å²) in [6.07, 6.45) is 8.51. The van der Waals surface area contributed by atoms with Gasteiger partial charge in [-0.05, 0) is 137 Å². The molecule has 0 saturated carbocycles. The summed E-state index contributed by atoms with van der Waals surface area (Å²) >= 11 is 0. The van der Waals surface area contributed by atoms with Crippen LogP contribution in [0.2, 0.25) is 0 Å². The van der Waals surface area contributed by atoms with Crippen molar-refractivity contribution in [3.63, 3.8) is 0 Å². The number of amides is 1. The Balaban J connectivity index is 1.44. The van der Waals surface area contributed by atoms with Crippen LogP contribution in [0.25, 0.3) is 90.9 Å². The van der Waals surface area contributed by atoms with Gasteiger partial charge in [-0.25, -0.2) is 15.8 Å². The maximum absolute atomic E-state index is 12.5. The lowest BCUT2D eigenvalue weighted by atomic mass is 9.86. The Kier molecular flexibility index (Phi) is 10.3. The summed E-state index contributed by atoms with van der Waals surface area (Å²) in [6.45, 7) is 20.0. The average Bonchev–Trinajstić information content (AvgIpc) is 4.09. The molecule has 1 amide bonds. The lowest BCUT2D eigenvalue weighted by molar-refractivity contribution is 0.0953. The Morgan fingerprint density at radius 3 is 1.16 bits per heavy atom.